The van der Waals surface area contributed by atoms with E-state index in [1.165, 1.54) is 4.57 Å². The molecule has 0 aliphatic carbocycles. The molecule has 1 aromatic heterocycles. The molecule has 29 heavy (non-hydrogen) atoms. The predicted octanol–water partition coefficient (Wildman–Crippen LogP) is 3.93. The van der Waals surface area contributed by atoms with Gasteiger partial charge in [-0.2, -0.15) is 0 Å². The van der Waals surface area contributed by atoms with E-state index >= 15 is 0 Å². The highest BCUT2D eigenvalue weighted by molar-refractivity contribution is 7.99. The van der Waals surface area contributed by atoms with Crippen LogP contribution in [0.15, 0.2) is 20.7 Å². The molecule has 1 aliphatic rings. The maximum atomic E-state index is 12.6. The molecule has 0 saturated heterocycles. The predicted molar refractivity (Wildman–Crippen MR) is 118 cm³/mol. The monoisotopic (exact) mass is 424 g/mol. The molecule has 0 fully saturated rings. The van der Waals surface area contributed by atoms with Crippen molar-refractivity contribution in [3.05, 3.63) is 26.9 Å². The Morgan fingerprint density at radius 1 is 1.17 bits per heavy atom. The van der Waals surface area contributed by atoms with Crippen LogP contribution in [-0.4, -0.2) is 27.5 Å². The Bertz CT molecular complexity index is 812. The number of unbranched alkanes of at least 4 members (excludes halogenated alkanes) is 3. The van der Waals surface area contributed by atoms with E-state index in [1.54, 1.807) is 22.4 Å². The second-order valence-electron chi connectivity index (χ2n) is 8.98. The van der Waals surface area contributed by atoms with Crippen molar-refractivity contribution in [1.29, 1.82) is 0 Å². The first kappa shape index (κ1) is 23.8. The average molecular weight is 425 g/mol. The molecule has 1 aliphatic heterocycles. The van der Waals surface area contributed by atoms with Crippen LogP contribution in [0.4, 0.5) is 0 Å². The molecule has 0 spiro atoms. The molecule has 0 radical (unpaired) electrons. The highest BCUT2D eigenvalue weighted by atomic mass is 32.2. The van der Waals surface area contributed by atoms with Gasteiger partial charge in [0.15, 0.2) is 0 Å². The summed E-state index contributed by atoms with van der Waals surface area (Å²) >= 11 is 1.56. The summed E-state index contributed by atoms with van der Waals surface area (Å²) < 4.78 is 8.60. The molecular weight excluding hydrogens is 388 g/mol. The SMILES string of the molecule is CC(C)CC(C)(C(=O)OCCCCCCn1c(=O)cc2n(c1=O)CCS2)C(C)C. The fourth-order valence-electron chi connectivity index (χ4n) is 3.83. The van der Waals surface area contributed by atoms with Crippen LogP contribution >= 0.6 is 11.8 Å². The third kappa shape index (κ3) is 6.00. The Morgan fingerprint density at radius 3 is 2.52 bits per heavy atom. The number of carbonyl (C=O) groups is 1. The van der Waals surface area contributed by atoms with Crippen LogP contribution in [0, 0.1) is 17.3 Å². The van der Waals surface area contributed by atoms with Gasteiger partial charge in [0.25, 0.3) is 5.56 Å². The van der Waals surface area contributed by atoms with E-state index in [0.29, 0.717) is 25.6 Å². The number of esters is 1. The summed E-state index contributed by atoms with van der Waals surface area (Å²) in [6, 6.07) is 1.57. The van der Waals surface area contributed by atoms with Gasteiger partial charge in [-0.3, -0.25) is 18.7 Å². The highest BCUT2D eigenvalue weighted by Crippen LogP contribution is 2.35. The number of rotatable bonds is 11. The lowest BCUT2D eigenvalue weighted by Gasteiger charge is -2.32. The fraction of sp³-hybridized carbons (Fsp3) is 0.773. The maximum absolute atomic E-state index is 12.6. The Kier molecular flexibility index (Phi) is 8.61. The van der Waals surface area contributed by atoms with E-state index in [0.717, 1.165) is 42.9 Å². The highest BCUT2D eigenvalue weighted by Gasteiger charge is 2.38. The average Bonchev–Trinajstić information content (AvgIpc) is 3.10. The van der Waals surface area contributed by atoms with Crippen molar-refractivity contribution < 1.29 is 9.53 Å². The number of hydrogen-bond acceptors (Lipinski definition) is 5. The summed E-state index contributed by atoms with van der Waals surface area (Å²) in [5.41, 5.74) is -0.837. The molecule has 2 heterocycles. The van der Waals surface area contributed by atoms with E-state index in [9.17, 15) is 14.4 Å². The number of carbonyl (C=O) groups excluding carboxylic acids is 1. The molecule has 2 rings (SSSR count). The van der Waals surface area contributed by atoms with Gasteiger partial charge in [0, 0.05) is 24.9 Å². The van der Waals surface area contributed by atoms with Gasteiger partial charge >= 0.3 is 11.7 Å². The Balaban J connectivity index is 1.72. The molecule has 0 amide bonds. The van der Waals surface area contributed by atoms with E-state index in [1.807, 2.05) is 6.92 Å². The van der Waals surface area contributed by atoms with Crippen molar-refractivity contribution in [3.8, 4) is 0 Å². The molecule has 6 nitrogen and oxygen atoms in total. The van der Waals surface area contributed by atoms with Crippen molar-refractivity contribution >= 4 is 17.7 Å². The number of aromatic nitrogens is 2. The smallest absolute Gasteiger partial charge is 0.331 e. The molecular formula is C22H36N2O4S. The molecule has 1 atom stereocenters. The number of hydrogen-bond donors (Lipinski definition) is 0. The van der Waals surface area contributed by atoms with E-state index in [4.69, 9.17) is 4.74 Å². The van der Waals surface area contributed by atoms with Crippen molar-refractivity contribution in [2.24, 2.45) is 17.3 Å². The Labute approximate surface area is 178 Å². The van der Waals surface area contributed by atoms with Crippen LogP contribution in [0.2, 0.25) is 0 Å². The largest absolute Gasteiger partial charge is 0.465 e. The van der Waals surface area contributed by atoms with Gasteiger partial charge in [-0.05, 0) is 44.4 Å². The molecule has 0 aromatic carbocycles. The first-order valence-electron chi connectivity index (χ1n) is 10.8. The lowest BCUT2D eigenvalue weighted by Crippen LogP contribution is -2.39. The first-order chi connectivity index (χ1) is 13.7. The van der Waals surface area contributed by atoms with E-state index in [2.05, 4.69) is 27.7 Å². The van der Waals surface area contributed by atoms with Crippen LogP contribution in [0.3, 0.4) is 0 Å². The summed E-state index contributed by atoms with van der Waals surface area (Å²) in [5, 5.41) is 0.781. The number of thioether (sulfide) groups is 1. The van der Waals surface area contributed by atoms with Gasteiger partial charge in [0.2, 0.25) is 0 Å². The molecule has 1 unspecified atom stereocenters. The van der Waals surface area contributed by atoms with E-state index in [-0.39, 0.29) is 23.1 Å². The van der Waals surface area contributed by atoms with Crippen LogP contribution in [0.5, 0.6) is 0 Å². The first-order valence-corrected chi connectivity index (χ1v) is 11.8. The van der Waals surface area contributed by atoms with Crippen LogP contribution < -0.4 is 11.2 Å². The zero-order chi connectivity index (χ0) is 21.6. The fourth-order valence-corrected chi connectivity index (χ4v) is 4.82. The van der Waals surface area contributed by atoms with Crippen molar-refractivity contribution in [3.63, 3.8) is 0 Å². The Hall–Kier alpha value is -1.50. The lowest BCUT2D eigenvalue weighted by molar-refractivity contribution is -0.159. The summed E-state index contributed by atoms with van der Waals surface area (Å²) in [4.78, 5) is 37.1. The third-order valence-electron chi connectivity index (χ3n) is 5.89. The van der Waals surface area contributed by atoms with Crippen LogP contribution in [0.25, 0.3) is 0 Å². The molecule has 0 bridgehead atoms. The standard InChI is InChI=1S/C22H36N2O4S/c1-16(2)15-22(5,17(3)4)20(26)28-12-9-7-6-8-10-23-18(25)14-19-24(21(23)27)11-13-29-19/h14,16-17H,6-13,15H2,1-5H3. The van der Waals surface area contributed by atoms with Gasteiger partial charge in [0.05, 0.1) is 17.0 Å². The maximum Gasteiger partial charge on any atom is 0.331 e. The summed E-state index contributed by atoms with van der Waals surface area (Å²) in [7, 11) is 0. The summed E-state index contributed by atoms with van der Waals surface area (Å²) in [6.07, 6.45) is 4.20. The number of nitrogens with zero attached hydrogens (tertiary/aromatic N) is 2. The number of ether oxygens (including phenoxy) is 1. The van der Waals surface area contributed by atoms with E-state index < -0.39 is 5.41 Å². The van der Waals surface area contributed by atoms with Gasteiger partial charge in [-0.25, -0.2) is 4.79 Å². The summed E-state index contributed by atoms with van der Waals surface area (Å²) in [6.45, 7) is 12.0. The van der Waals surface area contributed by atoms with Crippen molar-refractivity contribution in [2.45, 2.75) is 84.8 Å². The van der Waals surface area contributed by atoms with Crippen molar-refractivity contribution in [1.82, 2.24) is 9.13 Å². The second-order valence-corrected chi connectivity index (χ2v) is 10.1. The quantitative estimate of drug-likeness (QED) is 0.306. The molecule has 0 saturated carbocycles. The molecule has 0 N–H and O–H groups in total. The van der Waals surface area contributed by atoms with Crippen LogP contribution in [0.1, 0.15) is 66.7 Å². The zero-order valence-corrected chi connectivity index (χ0v) is 19.3. The normalized spacial score (nSPS) is 15.6. The van der Waals surface area contributed by atoms with Gasteiger partial charge in [0.1, 0.15) is 0 Å². The minimum absolute atomic E-state index is 0.100. The topological polar surface area (TPSA) is 70.3 Å². The molecule has 1 aromatic rings. The van der Waals surface area contributed by atoms with Gasteiger partial charge < -0.3 is 4.74 Å². The molecule has 164 valence electrons. The minimum Gasteiger partial charge on any atom is -0.465 e. The second kappa shape index (κ2) is 10.5. The minimum atomic E-state index is -0.441. The third-order valence-corrected chi connectivity index (χ3v) is 6.91. The Morgan fingerprint density at radius 2 is 1.86 bits per heavy atom. The lowest BCUT2D eigenvalue weighted by atomic mass is 9.73. The summed E-state index contributed by atoms with van der Waals surface area (Å²) in [5.74, 6) is 1.43. The number of fused-ring (bicyclic) bond motifs is 1. The molecule has 7 heteroatoms. The zero-order valence-electron chi connectivity index (χ0n) is 18.5. The van der Waals surface area contributed by atoms with Crippen LogP contribution in [-0.2, 0) is 22.6 Å². The van der Waals surface area contributed by atoms with Crippen molar-refractivity contribution in [2.75, 3.05) is 12.4 Å². The van der Waals surface area contributed by atoms with Gasteiger partial charge in [-0.15, -0.1) is 11.8 Å². The van der Waals surface area contributed by atoms with Gasteiger partial charge in [-0.1, -0.05) is 34.1 Å².